The number of rotatable bonds is 3. The summed E-state index contributed by atoms with van der Waals surface area (Å²) in [5.74, 6) is -0.986. The Morgan fingerprint density at radius 1 is 1.56 bits per heavy atom. The number of nitrogens with one attached hydrogen (secondary N) is 1. The van der Waals surface area contributed by atoms with Crippen molar-refractivity contribution in [3.63, 3.8) is 0 Å². The lowest BCUT2D eigenvalue weighted by Gasteiger charge is -2.02. The monoisotopic (exact) mass is 237 g/mol. The van der Waals surface area contributed by atoms with Gasteiger partial charge in [0.1, 0.15) is 0 Å². The van der Waals surface area contributed by atoms with Crippen LogP contribution < -0.4 is 5.32 Å². The van der Waals surface area contributed by atoms with Gasteiger partial charge in [0, 0.05) is 28.9 Å². The van der Waals surface area contributed by atoms with Gasteiger partial charge < -0.3 is 5.32 Å². The van der Waals surface area contributed by atoms with Crippen molar-refractivity contribution in [2.45, 2.75) is 6.54 Å². The molecule has 0 saturated heterocycles. The van der Waals surface area contributed by atoms with Crippen molar-refractivity contribution in [3.8, 4) is 0 Å². The lowest BCUT2D eigenvalue weighted by Crippen LogP contribution is -2.22. The molecule has 2 heterocycles. The van der Waals surface area contributed by atoms with Crippen LogP contribution >= 0.6 is 11.3 Å². The van der Waals surface area contributed by atoms with Crippen LogP contribution in [0.1, 0.15) is 15.2 Å². The lowest BCUT2D eigenvalue weighted by molar-refractivity contribution is 0.0950. The first-order valence-corrected chi connectivity index (χ1v) is 5.41. The molecule has 0 unspecified atom stereocenters. The number of pyridine rings is 1. The first-order valence-electron chi connectivity index (χ1n) is 4.53. The highest BCUT2D eigenvalue weighted by Crippen LogP contribution is 2.05. The molecule has 1 amide bonds. The summed E-state index contributed by atoms with van der Waals surface area (Å²) in [7, 11) is 0. The highest BCUT2D eigenvalue weighted by molar-refractivity contribution is 7.09. The molecule has 0 radical (unpaired) electrons. The fraction of sp³-hybridized carbons (Fsp3) is 0.100. The zero-order valence-corrected chi connectivity index (χ0v) is 9.00. The zero-order valence-electron chi connectivity index (χ0n) is 8.18. The number of amides is 1. The molecule has 1 N–H and O–H groups in total. The van der Waals surface area contributed by atoms with Gasteiger partial charge in [-0.3, -0.25) is 9.78 Å². The third kappa shape index (κ3) is 2.60. The molecule has 2 rings (SSSR count). The Morgan fingerprint density at radius 2 is 2.44 bits per heavy atom. The van der Waals surface area contributed by atoms with Gasteiger partial charge in [0.05, 0.1) is 12.1 Å². The van der Waals surface area contributed by atoms with Crippen LogP contribution in [0, 0.1) is 5.95 Å². The number of carbonyl (C=O) groups excluding carboxylic acids is 1. The summed E-state index contributed by atoms with van der Waals surface area (Å²) in [6, 6.07) is 2.56. The minimum atomic E-state index is -0.662. The molecule has 4 nitrogen and oxygen atoms in total. The number of halogens is 1. The first-order chi connectivity index (χ1) is 7.75. The number of carbonyl (C=O) groups is 1. The Labute approximate surface area is 95.2 Å². The third-order valence-electron chi connectivity index (χ3n) is 1.90. The van der Waals surface area contributed by atoms with Gasteiger partial charge in [-0.2, -0.15) is 4.39 Å². The van der Waals surface area contributed by atoms with E-state index in [1.807, 2.05) is 0 Å². The van der Waals surface area contributed by atoms with E-state index in [0.717, 1.165) is 10.9 Å². The van der Waals surface area contributed by atoms with Crippen LogP contribution in [0.3, 0.4) is 0 Å². The topological polar surface area (TPSA) is 54.9 Å². The Bertz CT molecular complexity index is 487. The van der Waals surface area contributed by atoms with E-state index in [1.54, 1.807) is 11.7 Å². The van der Waals surface area contributed by atoms with Crippen LogP contribution in [-0.2, 0) is 6.54 Å². The van der Waals surface area contributed by atoms with Gasteiger partial charge in [0.25, 0.3) is 5.91 Å². The summed E-state index contributed by atoms with van der Waals surface area (Å²) in [5, 5.41) is 2.67. The van der Waals surface area contributed by atoms with Gasteiger partial charge in [-0.15, -0.1) is 11.3 Å². The average Bonchev–Trinajstić information content (AvgIpc) is 2.78. The second-order valence-corrected chi connectivity index (χ2v) is 3.99. The van der Waals surface area contributed by atoms with Crippen LogP contribution in [0.15, 0.2) is 30.0 Å². The van der Waals surface area contributed by atoms with Gasteiger partial charge in [0.2, 0.25) is 5.95 Å². The molecule has 0 atom stereocenters. The Morgan fingerprint density at radius 3 is 3.12 bits per heavy atom. The molecule has 0 bridgehead atoms. The zero-order chi connectivity index (χ0) is 11.4. The largest absolute Gasteiger partial charge is 0.347 e. The maximum Gasteiger partial charge on any atom is 0.251 e. The molecule has 2 aromatic rings. The molecule has 2 aromatic heterocycles. The fourth-order valence-electron chi connectivity index (χ4n) is 1.14. The smallest absolute Gasteiger partial charge is 0.251 e. The quantitative estimate of drug-likeness (QED) is 0.825. The molecular weight excluding hydrogens is 229 g/mol. The maximum absolute atomic E-state index is 12.7. The van der Waals surface area contributed by atoms with E-state index in [1.165, 1.54) is 23.6 Å². The molecule has 0 aliphatic heterocycles. The molecular formula is C10H8FN3OS. The highest BCUT2D eigenvalue weighted by Gasteiger charge is 2.06. The van der Waals surface area contributed by atoms with Crippen molar-refractivity contribution in [2.75, 3.05) is 0 Å². The maximum atomic E-state index is 12.7. The molecule has 0 saturated carbocycles. The van der Waals surface area contributed by atoms with E-state index in [-0.39, 0.29) is 11.5 Å². The SMILES string of the molecule is O=C(NCc1cncs1)c1ccnc(F)c1. The van der Waals surface area contributed by atoms with E-state index >= 15 is 0 Å². The normalized spacial score (nSPS) is 10.1. The molecule has 0 fully saturated rings. The fourth-order valence-corrected chi connectivity index (χ4v) is 1.68. The summed E-state index contributed by atoms with van der Waals surface area (Å²) in [5.41, 5.74) is 1.95. The van der Waals surface area contributed by atoms with E-state index in [0.29, 0.717) is 6.54 Å². The molecule has 0 aliphatic carbocycles. The summed E-state index contributed by atoms with van der Waals surface area (Å²) < 4.78 is 12.7. The van der Waals surface area contributed by atoms with E-state index in [9.17, 15) is 9.18 Å². The summed E-state index contributed by atoms with van der Waals surface area (Å²) in [4.78, 5) is 19.8. The van der Waals surface area contributed by atoms with Gasteiger partial charge in [-0.05, 0) is 6.07 Å². The summed E-state index contributed by atoms with van der Waals surface area (Å²) in [6.45, 7) is 0.396. The van der Waals surface area contributed by atoms with Crippen molar-refractivity contribution in [1.82, 2.24) is 15.3 Å². The van der Waals surface area contributed by atoms with E-state index < -0.39 is 5.95 Å². The Hall–Kier alpha value is -1.82. The Balaban J connectivity index is 1.98. The lowest BCUT2D eigenvalue weighted by atomic mass is 10.2. The predicted octanol–water partition coefficient (Wildman–Crippen LogP) is 1.61. The number of nitrogens with zero attached hydrogens (tertiary/aromatic N) is 2. The van der Waals surface area contributed by atoms with Gasteiger partial charge >= 0.3 is 0 Å². The molecule has 82 valence electrons. The van der Waals surface area contributed by atoms with Crippen LogP contribution in [0.5, 0.6) is 0 Å². The minimum absolute atomic E-state index is 0.261. The molecule has 0 aromatic carbocycles. The third-order valence-corrected chi connectivity index (χ3v) is 2.68. The molecule has 16 heavy (non-hydrogen) atoms. The van der Waals surface area contributed by atoms with E-state index in [2.05, 4.69) is 15.3 Å². The first kappa shape index (κ1) is 10.7. The molecule has 0 spiro atoms. The van der Waals surface area contributed by atoms with Gasteiger partial charge in [0.15, 0.2) is 0 Å². The number of hydrogen-bond acceptors (Lipinski definition) is 4. The van der Waals surface area contributed by atoms with Gasteiger partial charge in [-0.1, -0.05) is 0 Å². The van der Waals surface area contributed by atoms with Crippen LogP contribution in [0.2, 0.25) is 0 Å². The highest BCUT2D eigenvalue weighted by atomic mass is 32.1. The van der Waals surface area contributed by atoms with Crippen LogP contribution in [-0.4, -0.2) is 15.9 Å². The standard InChI is InChI=1S/C10H8FN3OS/c11-9-3-7(1-2-13-9)10(15)14-5-8-4-12-6-16-8/h1-4,6H,5H2,(H,14,15). The molecule has 6 heteroatoms. The van der Waals surface area contributed by atoms with Crippen LogP contribution in [0.4, 0.5) is 4.39 Å². The number of thiazole rings is 1. The summed E-state index contributed by atoms with van der Waals surface area (Å²) in [6.07, 6.45) is 2.94. The number of hydrogen-bond donors (Lipinski definition) is 1. The average molecular weight is 237 g/mol. The van der Waals surface area contributed by atoms with Crippen LogP contribution in [0.25, 0.3) is 0 Å². The molecule has 0 aliphatic rings. The van der Waals surface area contributed by atoms with Crippen molar-refractivity contribution in [2.24, 2.45) is 0 Å². The van der Waals surface area contributed by atoms with Crippen molar-refractivity contribution in [3.05, 3.63) is 46.4 Å². The van der Waals surface area contributed by atoms with Crippen molar-refractivity contribution >= 4 is 17.2 Å². The second kappa shape index (κ2) is 4.80. The van der Waals surface area contributed by atoms with Crippen molar-refractivity contribution in [1.29, 1.82) is 0 Å². The number of aromatic nitrogens is 2. The minimum Gasteiger partial charge on any atom is -0.347 e. The second-order valence-electron chi connectivity index (χ2n) is 3.02. The van der Waals surface area contributed by atoms with Gasteiger partial charge in [-0.25, -0.2) is 4.98 Å². The van der Waals surface area contributed by atoms with E-state index in [4.69, 9.17) is 0 Å². The Kier molecular flexibility index (Phi) is 3.21. The van der Waals surface area contributed by atoms with Crippen molar-refractivity contribution < 1.29 is 9.18 Å². The summed E-state index contributed by atoms with van der Waals surface area (Å²) >= 11 is 1.45. The predicted molar refractivity (Wildman–Crippen MR) is 57.5 cm³/mol.